The Labute approximate surface area is 184 Å². The predicted octanol–water partition coefficient (Wildman–Crippen LogP) is 5.36. The molecule has 1 heterocycles. The van der Waals surface area contributed by atoms with Crippen LogP contribution in [-0.4, -0.2) is 29.5 Å². The van der Waals surface area contributed by atoms with Crippen LogP contribution in [0.25, 0.3) is 11.3 Å². The SMILES string of the molecule is Cc1nc(-c2cccc(Br)c2)ccc1C(=O)Nc1ccccc1C(=O)NCC(F)(F)F. The van der Waals surface area contributed by atoms with Crippen molar-refractivity contribution in [2.75, 3.05) is 11.9 Å². The number of alkyl halides is 3. The van der Waals surface area contributed by atoms with Crippen LogP contribution in [0.3, 0.4) is 0 Å². The number of aromatic nitrogens is 1. The summed E-state index contributed by atoms with van der Waals surface area (Å²) in [6.45, 7) is 0.215. The van der Waals surface area contributed by atoms with Gasteiger partial charge in [0, 0.05) is 10.0 Å². The maximum atomic E-state index is 12.8. The third-order valence-corrected chi connectivity index (χ3v) is 4.81. The topological polar surface area (TPSA) is 71.1 Å². The third-order valence-electron chi connectivity index (χ3n) is 4.32. The van der Waals surface area contributed by atoms with Gasteiger partial charge < -0.3 is 10.6 Å². The van der Waals surface area contributed by atoms with E-state index in [1.807, 2.05) is 24.3 Å². The standard InChI is InChI=1S/C22H17BrF3N3O2/c1-13-16(9-10-18(28-13)14-5-4-6-15(23)11-14)21(31)29-19-8-3-2-7-17(19)20(30)27-12-22(24,25)26/h2-11H,12H2,1H3,(H,27,30)(H,29,31). The van der Waals surface area contributed by atoms with Gasteiger partial charge in [0.1, 0.15) is 6.54 Å². The lowest BCUT2D eigenvalue weighted by molar-refractivity contribution is -0.123. The molecule has 0 radical (unpaired) electrons. The molecule has 0 spiro atoms. The van der Waals surface area contributed by atoms with Gasteiger partial charge in [-0.3, -0.25) is 14.6 Å². The fourth-order valence-electron chi connectivity index (χ4n) is 2.87. The van der Waals surface area contributed by atoms with Crippen molar-refractivity contribution in [2.45, 2.75) is 13.1 Å². The van der Waals surface area contributed by atoms with Crippen molar-refractivity contribution in [2.24, 2.45) is 0 Å². The van der Waals surface area contributed by atoms with E-state index in [4.69, 9.17) is 0 Å². The molecule has 0 atom stereocenters. The highest BCUT2D eigenvalue weighted by Crippen LogP contribution is 2.23. The molecular formula is C22H17BrF3N3O2. The van der Waals surface area contributed by atoms with Crippen molar-refractivity contribution in [3.05, 3.63) is 82.0 Å². The number of pyridine rings is 1. The van der Waals surface area contributed by atoms with Crippen LogP contribution >= 0.6 is 15.9 Å². The highest BCUT2D eigenvalue weighted by Gasteiger charge is 2.28. The van der Waals surface area contributed by atoms with Gasteiger partial charge in [-0.25, -0.2) is 0 Å². The van der Waals surface area contributed by atoms with E-state index in [2.05, 4.69) is 26.2 Å². The zero-order chi connectivity index (χ0) is 22.6. The van der Waals surface area contributed by atoms with Crippen molar-refractivity contribution in [1.29, 1.82) is 0 Å². The Bertz CT molecular complexity index is 1130. The fraction of sp³-hybridized carbons (Fsp3) is 0.136. The predicted molar refractivity (Wildman–Crippen MR) is 115 cm³/mol. The van der Waals surface area contributed by atoms with Crippen molar-refractivity contribution in [1.82, 2.24) is 10.3 Å². The fourth-order valence-corrected chi connectivity index (χ4v) is 3.26. The van der Waals surface area contributed by atoms with Gasteiger partial charge in [0.2, 0.25) is 0 Å². The number of aryl methyl sites for hydroxylation is 1. The number of nitrogens with zero attached hydrogens (tertiary/aromatic N) is 1. The summed E-state index contributed by atoms with van der Waals surface area (Å²) < 4.78 is 38.1. The monoisotopic (exact) mass is 491 g/mol. The Morgan fingerprint density at radius 1 is 0.968 bits per heavy atom. The first-order valence-corrected chi connectivity index (χ1v) is 9.92. The molecule has 0 saturated carbocycles. The third kappa shape index (κ3) is 5.91. The van der Waals surface area contributed by atoms with Crippen LogP contribution in [0, 0.1) is 6.92 Å². The minimum Gasteiger partial charge on any atom is -0.343 e. The van der Waals surface area contributed by atoms with Crippen molar-refractivity contribution in [3.8, 4) is 11.3 Å². The van der Waals surface area contributed by atoms with Crippen LogP contribution in [0.15, 0.2) is 65.1 Å². The van der Waals surface area contributed by atoms with E-state index in [0.717, 1.165) is 10.0 Å². The molecule has 0 bridgehead atoms. The summed E-state index contributed by atoms with van der Waals surface area (Å²) in [4.78, 5) is 29.4. The summed E-state index contributed by atoms with van der Waals surface area (Å²) in [5.41, 5.74) is 2.33. The van der Waals surface area contributed by atoms with E-state index >= 15 is 0 Å². The summed E-state index contributed by atoms with van der Waals surface area (Å²) in [6.07, 6.45) is -4.54. The van der Waals surface area contributed by atoms with E-state index in [9.17, 15) is 22.8 Å². The Morgan fingerprint density at radius 3 is 2.39 bits per heavy atom. The molecule has 5 nitrogen and oxygen atoms in total. The van der Waals surface area contributed by atoms with Gasteiger partial charge in [0.05, 0.1) is 28.2 Å². The van der Waals surface area contributed by atoms with E-state index in [1.165, 1.54) is 18.2 Å². The second-order valence-electron chi connectivity index (χ2n) is 6.64. The summed E-state index contributed by atoms with van der Waals surface area (Å²) in [6, 6.07) is 16.7. The number of para-hydroxylation sites is 1. The number of amides is 2. The molecule has 2 aromatic carbocycles. The van der Waals surface area contributed by atoms with Gasteiger partial charge in [-0.2, -0.15) is 13.2 Å². The van der Waals surface area contributed by atoms with Crippen LogP contribution in [0.5, 0.6) is 0 Å². The normalized spacial score (nSPS) is 11.1. The van der Waals surface area contributed by atoms with Crippen LogP contribution in [-0.2, 0) is 0 Å². The number of nitrogens with one attached hydrogen (secondary N) is 2. The lowest BCUT2D eigenvalue weighted by Gasteiger charge is -2.13. The van der Waals surface area contributed by atoms with Gasteiger partial charge in [0.25, 0.3) is 11.8 Å². The molecule has 3 aromatic rings. The lowest BCUT2D eigenvalue weighted by Crippen LogP contribution is -2.34. The van der Waals surface area contributed by atoms with Gasteiger partial charge in [-0.1, -0.05) is 40.2 Å². The summed E-state index contributed by atoms with van der Waals surface area (Å²) in [5, 5.41) is 4.39. The molecule has 0 fully saturated rings. The maximum absolute atomic E-state index is 12.8. The molecule has 3 rings (SSSR count). The highest BCUT2D eigenvalue weighted by atomic mass is 79.9. The smallest absolute Gasteiger partial charge is 0.343 e. The molecule has 0 saturated heterocycles. The van der Waals surface area contributed by atoms with Crippen molar-refractivity contribution >= 4 is 33.4 Å². The molecule has 0 aliphatic carbocycles. The van der Waals surface area contributed by atoms with Crippen molar-refractivity contribution in [3.63, 3.8) is 0 Å². The molecular weight excluding hydrogens is 475 g/mol. The number of rotatable bonds is 5. The summed E-state index contributed by atoms with van der Waals surface area (Å²) >= 11 is 3.41. The minimum absolute atomic E-state index is 0.0727. The van der Waals surface area contributed by atoms with E-state index in [1.54, 1.807) is 30.4 Å². The molecule has 0 unspecified atom stereocenters. The Kier molecular flexibility index (Phi) is 6.74. The van der Waals surface area contributed by atoms with E-state index < -0.39 is 24.5 Å². The Balaban J connectivity index is 1.80. The average Bonchev–Trinajstić information content (AvgIpc) is 2.71. The highest BCUT2D eigenvalue weighted by molar-refractivity contribution is 9.10. The first-order chi connectivity index (χ1) is 14.6. The lowest BCUT2D eigenvalue weighted by atomic mass is 10.1. The van der Waals surface area contributed by atoms with Gasteiger partial charge in [-0.05, 0) is 43.3 Å². The van der Waals surface area contributed by atoms with Gasteiger partial charge in [-0.15, -0.1) is 0 Å². The molecule has 0 aliphatic rings. The molecule has 2 N–H and O–H groups in total. The second kappa shape index (κ2) is 9.30. The van der Waals surface area contributed by atoms with Crippen LogP contribution < -0.4 is 10.6 Å². The van der Waals surface area contributed by atoms with Crippen LogP contribution in [0.2, 0.25) is 0 Å². The first kappa shape index (κ1) is 22.5. The maximum Gasteiger partial charge on any atom is 0.405 e. The number of halogens is 4. The first-order valence-electron chi connectivity index (χ1n) is 9.13. The zero-order valence-electron chi connectivity index (χ0n) is 16.3. The van der Waals surface area contributed by atoms with E-state index in [0.29, 0.717) is 11.4 Å². The molecule has 2 amide bonds. The molecule has 1 aromatic heterocycles. The van der Waals surface area contributed by atoms with Crippen molar-refractivity contribution < 1.29 is 22.8 Å². The Morgan fingerprint density at radius 2 is 1.71 bits per heavy atom. The number of carbonyl (C=O) groups is 2. The molecule has 9 heteroatoms. The number of carbonyl (C=O) groups excluding carboxylic acids is 2. The van der Waals surface area contributed by atoms with E-state index in [-0.39, 0.29) is 16.8 Å². The number of benzene rings is 2. The van der Waals surface area contributed by atoms with Gasteiger partial charge >= 0.3 is 6.18 Å². The van der Waals surface area contributed by atoms with Gasteiger partial charge in [0.15, 0.2) is 0 Å². The summed E-state index contributed by atoms with van der Waals surface area (Å²) in [7, 11) is 0. The summed E-state index contributed by atoms with van der Waals surface area (Å²) in [5.74, 6) is -1.46. The molecule has 31 heavy (non-hydrogen) atoms. The second-order valence-corrected chi connectivity index (χ2v) is 7.55. The van der Waals surface area contributed by atoms with Crippen LogP contribution in [0.1, 0.15) is 26.4 Å². The quantitative estimate of drug-likeness (QED) is 0.504. The largest absolute Gasteiger partial charge is 0.405 e. The number of anilines is 1. The zero-order valence-corrected chi connectivity index (χ0v) is 17.8. The molecule has 0 aliphatic heterocycles. The molecule has 160 valence electrons. The number of hydrogen-bond acceptors (Lipinski definition) is 3. The number of hydrogen-bond donors (Lipinski definition) is 2. The Hall–Kier alpha value is -3.20. The average molecular weight is 492 g/mol. The minimum atomic E-state index is -4.54. The van der Waals surface area contributed by atoms with Crippen LogP contribution in [0.4, 0.5) is 18.9 Å².